The van der Waals surface area contributed by atoms with Crippen molar-refractivity contribution in [2.75, 3.05) is 18.5 Å². The van der Waals surface area contributed by atoms with E-state index < -0.39 is 0 Å². The Bertz CT molecular complexity index is 1540. The van der Waals surface area contributed by atoms with Crippen LogP contribution >= 0.6 is 0 Å². The normalized spacial score (nSPS) is 10.5. The zero-order valence-electron chi connectivity index (χ0n) is 26.0. The van der Waals surface area contributed by atoms with E-state index >= 15 is 0 Å². The highest BCUT2D eigenvalue weighted by Crippen LogP contribution is 2.28. The third-order valence-corrected chi connectivity index (χ3v) is 6.16. The maximum absolute atomic E-state index is 13.5. The second-order valence-corrected chi connectivity index (χ2v) is 9.71. The quantitative estimate of drug-likeness (QED) is 0.156. The average Bonchev–Trinajstić information content (AvgIpc) is 3.02. The van der Waals surface area contributed by atoms with Crippen molar-refractivity contribution in [1.82, 2.24) is 15.3 Å². The Labute approximate surface area is 255 Å². The number of nitrogens with zero attached hydrogens (tertiary/aromatic N) is 2. The monoisotopic (exact) mass is 578 g/mol. The van der Waals surface area contributed by atoms with Crippen LogP contribution in [0.2, 0.25) is 0 Å². The number of hydrogen-bond donors (Lipinski definition) is 2. The third kappa shape index (κ3) is 9.82. The highest BCUT2D eigenvalue weighted by atomic mass is 16.5. The molecule has 0 atom stereocenters. The zero-order chi connectivity index (χ0) is 31.8. The van der Waals surface area contributed by atoms with Crippen molar-refractivity contribution in [3.63, 3.8) is 0 Å². The van der Waals surface area contributed by atoms with Gasteiger partial charge in [0.05, 0.1) is 29.1 Å². The molecule has 43 heavy (non-hydrogen) atoms. The second kappa shape index (κ2) is 17.8. The fourth-order valence-corrected chi connectivity index (χ4v) is 4.32. The predicted octanol–water partition coefficient (Wildman–Crippen LogP) is 7.89. The van der Waals surface area contributed by atoms with E-state index in [2.05, 4.69) is 48.4 Å². The van der Waals surface area contributed by atoms with Gasteiger partial charge < -0.3 is 15.4 Å². The van der Waals surface area contributed by atoms with Crippen LogP contribution in [0.3, 0.4) is 0 Å². The van der Waals surface area contributed by atoms with Gasteiger partial charge in [0.2, 0.25) is 0 Å². The van der Waals surface area contributed by atoms with Crippen molar-refractivity contribution in [3.8, 4) is 24.1 Å². The van der Waals surface area contributed by atoms with Crippen LogP contribution in [-0.2, 0) is 4.74 Å². The van der Waals surface area contributed by atoms with E-state index in [0.29, 0.717) is 42.1 Å². The molecule has 2 N–H and O–H groups in total. The van der Waals surface area contributed by atoms with Crippen molar-refractivity contribution in [2.24, 2.45) is 0 Å². The number of allylic oxidation sites excluding steroid dienone is 1. The Morgan fingerprint density at radius 1 is 0.977 bits per heavy atom. The second-order valence-electron chi connectivity index (χ2n) is 9.71. The number of pyridine rings is 2. The summed E-state index contributed by atoms with van der Waals surface area (Å²) < 4.78 is 5.50. The predicted molar refractivity (Wildman–Crippen MR) is 177 cm³/mol. The lowest BCUT2D eigenvalue weighted by Crippen LogP contribution is -2.25. The molecule has 7 heteroatoms. The van der Waals surface area contributed by atoms with Gasteiger partial charge in [-0.15, -0.1) is 12.8 Å². The molecule has 2 heterocycles. The average molecular weight is 579 g/mol. The molecule has 4 rings (SSSR count). The number of anilines is 1. The molecule has 2 amide bonds. The van der Waals surface area contributed by atoms with Crippen LogP contribution in [0, 0.1) is 26.7 Å². The van der Waals surface area contributed by atoms with Gasteiger partial charge in [0.15, 0.2) is 0 Å². The summed E-state index contributed by atoms with van der Waals surface area (Å²) in [6, 6.07) is 16.5. The molecule has 4 aromatic rings. The minimum Gasteiger partial charge on any atom is -0.499 e. The van der Waals surface area contributed by atoms with E-state index in [0.717, 1.165) is 33.4 Å². The first kappa shape index (κ1) is 34.2. The van der Waals surface area contributed by atoms with E-state index in [1.165, 1.54) is 6.42 Å². The number of hydrogen-bond acceptors (Lipinski definition) is 5. The Morgan fingerprint density at radius 3 is 2.28 bits per heavy atom. The molecule has 0 radical (unpaired) electrons. The highest BCUT2D eigenvalue weighted by molar-refractivity contribution is 6.13. The fraction of sp³-hybridized carbons (Fsp3) is 0.278. The summed E-state index contributed by atoms with van der Waals surface area (Å²) >= 11 is 0. The summed E-state index contributed by atoms with van der Waals surface area (Å²) in [6.45, 7) is 13.2. The first-order valence-corrected chi connectivity index (χ1v) is 14.4. The zero-order valence-corrected chi connectivity index (χ0v) is 26.0. The molecule has 0 spiro atoms. The number of fused-ring (bicyclic) bond motifs is 1. The number of carbonyl (C=O) groups is 2. The molecular formula is C36H42N4O3. The van der Waals surface area contributed by atoms with Gasteiger partial charge in [-0.3, -0.25) is 14.6 Å². The lowest BCUT2D eigenvalue weighted by Gasteiger charge is -2.13. The lowest BCUT2D eigenvalue weighted by molar-refractivity contribution is 0.0951. The molecule has 0 bridgehead atoms. The fourth-order valence-electron chi connectivity index (χ4n) is 4.32. The van der Waals surface area contributed by atoms with Gasteiger partial charge in [0.1, 0.15) is 0 Å². The van der Waals surface area contributed by atoms with Crippen molar-refractivity contribution >= 4 is 28.4 Å². The number of amides is 2. The summed E-state index contributed by atoms with van der Waals surface area (Å²) in [5, 5.41) is 6.67. The maximum atomic E-state index is 13.5. The Morgan fingerprint density at radius 2 is 1.67 bits per heavy atom. The number of ether oxygens (including phenoxy) is 1. The number of nitrogens with one attached hydrogen (secondary N) is 2. The molecule has 7 nitrogen and oxygen atoms in total. The van der Waals surface area contributed by atoms with Gasteiger partial charge in [0, 0.05) is 47.6 Å². The van der Waals surface area contributed by atoms with E-state index in [9.17, 15) is 9.59 Å². The smallest absolute Gasteiger partial charge is 0.256 e. The number of aryl methyl sites for hydroxylation is 2. The molecular weight excluding hydrogens is 536 g/mol. The molecule has 2 aromatic heterocycles. The summed E-state index contributed by atoms with van der Waals surface area (Å²) in [7, 11) is 0. The molecule has 0 aliphatic heterocycles. The molecule has 0 saturated heterocycles. The van der Waals surface area contributed by atoms with Crippen LogP contribution in [0.4, 0.5) is 5.69 Å². The third-order valence-electron chi connectivity index (χ3n) is 6.16. The molecule has 0 unspecified atom stereocenters. The lowest BCUT2D eigenvalue weighted by atomic mass is 9.99. The molecule has 224 valence electrons. The van der Waals surface area contributed by atoms with E-state index in [-0.39, 0.29) is 11.8 Å². The minimum absolute atomic E-state index is 0.179. The maximum Gasteiger partial charge on any atom is 0.256 e. The van der Waals surface area contributed by atoms with Crippen LogP contribution in [0.1, 0.15) is 72.4 Å². The number of aromatic nitrogens is 2. The number of terminal acetylenes is 1. The standard InChI is InChI=1S/C31H32N4O3.C3H8.C2H2/c1-5-25(38-6-2)13-15-33-30(36)22-9-11-24(12-10-22)34-31(37)27-18-28(23-8-7-14-32-19-23)35-29-21(4)16-20(3)17-26(27)29;1-3-2;1-2/h5,7-12,14,16-19H,6,13,15H2,1-4H3,(H,33,36)(H,34,37);3H2,1-2H3;1-2H/b25-5-;;. The van der Waals surface area contributed by atoms with Gasteiger partial charge in [-0.05, 0) is 87.9 Å². The molecule has 0 aliphatic carbocycles. The number of rotatable bonds is 9. The first-order chi connectivity index (χ1) is 20.8. The summed E-state index contributed by atoms with van der Waals surface area (Å²) in [5.41, 5.74) is 5.98. The Kier molecular flexibility index (Phi) is 14.1. The molecule has 0 aliphatic rings. The van der Waals surface area contributed by atoms with Crippen molar-refractivity contribution in [3.05, 3.63) is 101 Å². The van der Waals surface area contributed by atoms with Crippen LogP contribution in [0.5, 0.6) is 0 Å². The van der Waals surface area contributed by atoms with E-state index in [1.807, 2.05) is 52.0 Å². The minimum atomic E-state index is -0.250. The summed E-state index contributed by atoms with van der Waals surface area (Å²) in [4.78, 5) is 35.1. The Hall–Kier alpha value is -4.96. The summed E-state index contributed by atoms with van der Waals surface area (Å²) in [5.74, 6) is 0.424. The molecule has 0 fully saturated rings. The first-order valence-electron chi connectivity index (χ1n) is 14.4. The molecule has 0 saturated carbocycles. The van der Waals surface area contributed by atoms with Crippen LogP contribution in [0.15, 0.2) is 78.8 Å². The number of carbonyl (C=O) groups excluding carboxylic acids is 2. The summed E-state index contributed by atoms with van der Waals surface area (Å²) in [6.07, 6.45) is 15.2. The van der Waals surface area contributed by atoms with Crippen LogP contribution in [-0.4, -0.2) is 34.9 Å². The van der Waals surface area contributed by atoms with Gasteiger partial charge in [0.25, 0.3) is 11.8 Å². The van der Waals surface area contributed by atoms with Gasteiger partial charge in [-0.2, -0.15) is 0 Å². The van der Waals surface area contributed by atoms with Crippen LogP contribution < -0.4 is 10.6 Å². The van der Waals surface area contributed by atoms with Crippen molar-refractivity contribution in [2.45, 2.75) is 54.4 Å². The van der Waals surface area contributed by atoms with Gasteiger partial charge in [-0.1, -0.05) is 31.9 Å². The SMILES string of the molecule is C#C.C/C=C(/CCNC(=O)c1ccc(NC(=O)c2cc(-c3cccnc3)nc3c(C)cc(C)cc23)cc1)OCC.CCC. The van der Waals surface area contributed by atoms with E-state index in [4.69, 9.17) is 9.72 Å². The molecule has 2 aromatic carbocycles. The van der Waals surface area contributed by atoms with Crippen molar-refractivity contribution < 1.29 is 14.3 Å². The van der Waals surface area contributed by atoms with Crippen LogP contribution in [0.25, 0.3) is 22.2 Å². The topological polar surface area (TPSA) is 93.2 Å². The van der Waals surface area contributed by atoms with Gasteiger partial charge in [-0.25, -0.2) is 4.98 Å². The van der Waals surface area contributed by atoms with Gasteiger partial charge >= 0.3 is 0 Å². The van der Waals surface area contributed by atoms with Crippen molar-refractivity contribution in [1.29, 1.82) is 0 Å². The highest BCUT2D eigenvalue weighted by Gasteiger charge is 2.17. The number of benzene rings is 2. The largest absolute Gasteiger partial charge is 0.499 e. The Balaban J connectivity index is 0.00000121. The van der Waals surface area contributed by atoms with E-state index in [1.54, 1.807) is 42.7 Å².